The van der Waals surface area contributed by atoms with Gasteiger partial charge in [-0.2, -0.15) is 9.97 Å². The molecule has 8 aromatic carbocycles. The molecule has 9 heteroatoms. The first kappa shape index (κ1) is 42.1. The Morgan fingerprint density at radius 3 is 1.52 bits per heavy atom. The molecule has 0 aliphatic rings. The minimum Gasteiger partial charge on any atom is -0.361 e. The van der Waals surface area contributed by atoms with E-state index >= 15 is 0 Å². The van der Waals surface area contributed by atoms with Crippen LogP contribution in [-0.2, 0) is 0 Å². The summed E-state index contributed by atoms with van der Waals surface area (Å²) in [7, 11) is 0. The molecule has 0 unspecified atom stereocenters. The predicted molar refractivity (Wildman–Crippen MR) is 292 cm³/mol. The van der Waals surface area contributed by atoms with Gasteiger partial charge in [-0.25, -0.2) is 9.97 Å². The van der Waals surface area contributed by atoms with E-state index in [9.17, 15) is 0 Å². The average molecular weight is 944 g/mol. The molecule has 0 amide bonds. The fraction of sp³-hybridized carbons (Fsp3) is 0. The maximum absolute atomic E-state index is 5.99. The number of nitrogens with one attached hydrogen (secondary N) is 1. The van der Waals surface area contributed by atoms with Crippen LogP contribution in [0.3, 0.4) is 0 Å². The Bertz CT molecular complexity index is 3970. The van der Waals surface area contributed by atoms with Crippen molar-refractivity contribution in [3.8, 4) is 51.0 Å². The standard InChI is InChI=1S/C31H20N2S.C15H10ClN3.C14H9NS/c1-3-9-21(10-4-1)23-19-26(22-11-5-2-6-12-22)32-30(20-23)33-18-17-24-27(33)15-16-29-31(24)25-13-7-8-14-28(25)34-29;16-15-18-13(11-7-3-1-4-8-11)17-14(19-15)12-9-5-2-6-10-12;1-2-4-12-10(3-1)14-9-7-8-15-11(9)5-6-13(14)16-12/h1-20H;1-10H;1-8,15H. The number of pyridine rings is 1. The molecule has 14 aromatic rings. The third kappa shape index (κ3) is 8.31. The molecule has 0 aliphatic heterocycles. The number of hydrogen-bond acceptors (Lipinski definition) is 6. The average Bonchev–Trinajstić information content (AvgIpc) is 4.24. The first-order valence-electron chi connectivity index (χ1n) is 22.6. The molecular weight excluding hydrogens is 904 g/mol. The number of aromatic nitrogens is 6. The Balaban J connectivity index is 0.000000118. The molecular formula is C60H39ClN6S2. The van der Waals surface area contributed by atoms with Crippen molar-refractivity contribution in [2.24, 2.45) is 0 Å². The Morgan fingerprint density at radius 1 is 0.391 bits per heavy atom. The van der Waals surface area contributed by atoms with E-state index in [1.165, 1.54) is 67.7 Å². The summed E-state index contributed by atoms with van der Waals surface area (Å²) >= 11 is 9.71. The number of H-pyrrole nitrogens is 1. The highest BCUT2D eigenvalue weighted by Gasteiger charge is 2.15. The molecule has 0 bridgehead atoms. The largest absolute Gasteiger partial charge is 0.361 e. The van der Waals surface area contributed by atoms with Gasteiger partial charge in [-0.3, -0.25) is 0 Å². The van der Waals surface area contributed by atoms with Gasteiger partial charge in [-0.1, -0.05) is 158 Å². The molecule has 0 fully saturated rings. The number of rotatable bonds is 5. The topological polar surface area (TPSA) is 72.3 Å². The van der Waals surface area contributed by atoms with Crippen molar-refractivity contribution in [2.45, 2.75) is 0 Å². The molecule has 0 aliphatic carbocycles. The van der Waals surface area contributed by atoms with E-state index in [0.717, 1.165) is 33.8 Å². The van der Waals surface area contributed by atoms with Gasteiger partial charge in [0.05, 0.1) is 11.2 Å². The van der Waals surface area contributed by atoms with Gasteiger partial charge in [0, 0.05) is 85.7 Å². The minimum absolute atomic E-state index is 0.202. The highest BCUT2D eigenvalue weighted by Crippen LogP contribution is 2.40. The van der Waals surface area contributed by atoms with E-state index in [2.05, 4.69) is 182 Å². The Hall–Kier alpha value is -8.27. The fourth-order valence-electron chi connectivity index (χ4n) is 8.97. The fourth-order valence-corrected chi connectivity index (χ4v) is 11.4. The number of aromatic amines is 1. The van der Waals surface area contributed by atoms with Gasteiger partial charge in [-0.05, 0) is 83.4 Å². The second-order valence-corrected chi connectivity index (χ2v) is 19.0. The van der Waals surface area contributed by atoms with Gasteiger partial charge >= 0.3 is 0 Å². The van der Waals surface area contributed by atoms with E-state index in [1.54, 1.807) is 0 Å². The molecule has 6 aromatic heterocycles. The van der Waals surface area contributed by atoms with Gasteiger partial charge in [0.25, 0.3) is 0 Å². The summed E-state index contributed by atoms with van der Waals surface area (Å²) in [5.41, 5.74) is 8.67. The van der Waals surface area contributed by atoms with Crippen molar-refractivity contribution in [3.05, 3.63) is 236 Å². The van der Waals surface area contributed by atoms with Crippen LogP contribution >= 0.6 is 34.3 Å². The van der Waals surface area contributed by atoms with Crippen molar-refractivity contribution in [1.82, 2.24) is 29.5 Å². The van der Waals surface area contributed by atoms with E-state index < -0.39 is 0 Å². The quantitative estimate of drug-likeness (QED) is 0.187. The summed E-state index contributed by atoms with van der Waals surface area (Å²) in [5, 5.41) is 8.21. The molecule has 0 saturated heterocycles. The number of benzene rings is 8. The number of thiophene rings is 2. The molecule has 0 atom stereocenters. The zero-order chi connectivity index (χ0) is 46.1. The SMILES string of the molecule is Clc1nc(-c2ccccc2)nc(-c2ccccc2)n1.c1ccc(-c2cc(-c3ccccc3)nc(-n3ccc4c5c(ccc43)sc3ccccc35)c2)cc1.c1ccc2c(c1)sc1ccc3[nH]ccc3c12. The van der Waals surface area contributed by atoms with Gasteiger partial charge in [0.1, 0.15) is 5.82 Å². The van der Waals surface area contributed by atoms with Gasteiger partial charge < -0.3 is 9.55 Å². The zero-order valence-electron chi connectivity index (χ0n) is 36.9. The molecule has 1 N–H and O–H groups in total. The molecule has 328 valence electrons. The van der Waals surface area contributed by atoms with Crippen LogP contribution in [0, 0.1) is 0 Å². The maximum atomic E-state index is 5.99. The van der Waals surface area contributed by atoms with Crippen molar-refractivity contribution >= 4 is 96.4 Å². The summed E-state index contributed by atoms with van der Waals surface area (Å²) in [4.78, 5) is 21.2. The Morgan fingerprint density at radius 2 is 0.913 bits per heavy atom. The smallest absolute Gasteiger partial charge is 0.226 e. The Labute approximate surface area is 410 Å². The number of fused-ring (bicyclic) bond motifs is 10. The summed E-state index contributed by atoms with van der Waals surface area (Å²) in [6.45, 7) is 0. The van der Waals surface area contributed by atoms with Crippen LogP contribution in [-0.4, -0.2) is 29.5 Å². The van der Waals surface area contributed by atoms with Crippen molar-refractivity contribution in [1.29, 1.82) is 0 Å². The normalized spacial score (nSPS) is 11.3. The van der Waals surface area contributed by atoms with Gasteiger partial charge in [0.2, 0.25) is 5.28 Å². The van der Waals surface area contributed by atoms with Crippen LogP contribution in [0.4, 0.5) is 0 Å². The molecule has 14 rings (SSSR count). The second kappa shape index (κ2) is 18.4. The molecule has 0 radical (unpaired) electrons. The van der Waals surface area contributed by atoms with Crippen LogP contribution in [0.5, 0.6) is 0 Å². The van der Waals surface area contributed by atoms with E-state index in [0.29, 0.717) is 11.6 Å². The first-order valence-corrected chi connectivity index (χ1v) is 24.6. The lowest BCUT2D eigenvalue weighted by Gasteiger charge is -2.12. The number of halogens is 1. The lowest BCUT2D eigenvalue weighted by Crippen LogP contribution is -1.98. The summed E-state index contributed by atoms with van der Waals surface area (Å²) in [5.74, 6) is 2.09. The molecule has 0 saturated carbocycles. The highest BCUT2D eigenvalue weighted by molar-refractivity contribution is 7.26. The van der Waals surface area contributed by atoms with Crippen LogP contribution in [0.2, 0.25) is 5.28 Å². The van der Waals surface area contributed by atoms with Gasteiger partial charge in [-0.15, -0.1) is 22.7 Å². The summed E-state index contributed by atoms with van der Waals surface area (Å²) in [6.07, 6.45) is 4.17. The highest BCUT2D eigenvalue weighted by atomic mass is 35.5. The molecule has 6 nitrogen and oxygen atoms in total. The zero-order valence-corrected chi connectivity index (χ0v) is 39.3. The number of nitrogens with zero attached hydrogens (tertiary/aromatic N) is 5. The third-order valence-electron chi connectivity index (χ3n) is 12.2. The summed E-state index contributed by atoms with van der Waals surface area (Å²) in [6, 6.07) is 75.3. The molecule has 6 heterocycles. The van der Waals surface area contributed by atoms with Crippen LogP contribution in [0.15, 0.2) is 231 Å². The summed E-state index contributed by atoms with van der Waals surface area (Å²) < 4.78 is 7.61. The van der Waals surface area contributed by atoms with Crippen molar-refractivity contribution < 1.29 is 0 Å². The van der Waals surface area contributed by atoms with Gasteiger partial charge in [0.15, 0.2) is 11.6 Å². The van der Waals surface area contributed by atoms with E-state index in [4.69, 9.17) is 16.6 Å². The van der Waals surface area contributed by atoms with Crippen molar-refractivity contribution in [2.75, 3.05) is 0 Å². The minimum atomic E-state index is 0.202. The molecule has 69 heavy (non-hydrogen) atoms. The number of hydrogen-bond donors (Lipinski definition) is 1. The lowest BCUT2D eigenvalue weighted by atomic mass is 10.0. The second-order valence-electron chi connectivity index (χ2n) is 16.4. The maximum Gasteiger partial charge on any atom is 0.226 e. The van der Waals surface area contributed by atoms with E-state index in [1.807, 2.05) is 95.6 Å². The predicted octanol–water partition coefficient (Wildman–Crippen LogP) is 17.1. The van der Waals surface area contributed by atoms with Crippen LogP contribution in [0.25, 0.3) is 113 Å². The first-order chi connectivity index (χ1) is 34.1. The van der Waals surface area contributed by atoms with Crippen molar-refractivity contribution in [3.63, 3.8) is 0 Å². The Kier molecular flexibility index (Phi) is 11.2. The van der Waals surface area contributed by atoms with E-state index in [-0.39, 0.29) is 5.28 Å². The third-order valence-corrected chi connectivity index (χ3v) is 14.6. The van der Waals surface area contributed by atoms with Crippen LogP contribution < -0.4 is 0 Å². The molecule has 0 spiro atoms. The van der Waals surface area contributed by atoms with Crippen LogP contribution in [0.1, 0.15) is 0 Å². The lowest BCUT2D eigenvalue weighted by molar-refractivity contribution is 1.05. The monoisotopic (exact) mass is 942 g/mol.